The minimum atomic E-state index is -0.830. The summed E-state index contributed by atoms with van der Waals surface area (Å²) in [7, 11) is 1.82. The number of aliphatic carboxylic acids is 1. The van der Waals surface area contributed by atoms with E-state index in [0.29, 0.717) is 18.2 Å². The zero-order chi connectivity index (χ0) is 21.8. The Balaban J connectivity index is 1.41. The summed E-state index contributed by atoms with van der Waals surface area (Å²) < 4.78 is 11.8. The van der Waals surface area contributed by atoms with Gasteiger partial charge in [-0.3, -0.25) is 9.69 Å². The fourth-order valence-electron chi connectivity index (χ4n) is 3.70. The Kier molecular flexibility index (Phi) is 6.44. The number of hydrogen-bond donors (Lipinski definition) is 1. The number of nitrogens with zero attached hydrogens (tertiary/aromatic N) is 1. The summed E-state index contributed by atoms with van der Waals surface area (Å²) >= 11 is 6.02. The summed E-state index contributed by atoms with van der Waals surface area (Å²) in [6, 6.07) is 21.8. The number of halogens is 1. The maximum Gasteiger partial charge on any atom is 0.317 e. The molecule has 0 fully saturated rings. The lowest BCUT2D eigenvalue weighted by molar-refractivity contribution is -0.138. The van der Waals surface area contributed by atoms with Crippen LogP contribution in [0.2, 0.25) is 5.02 Å². The summed E-state index contributed by atoms with van der Waals surface area (Å²) in [5.74, 6) is 0.824. The fraction of sp³-hybridized carbons (Fsp3) is 0.240. The molecule has 1 atom stereocenters. The smallest absolute Gasteiger partial charge is 0.317 e. The van der Waals surface area contributed by atoms with E-state index in [0.717, 1.165) is 40.2 Å². The molecule has 160 valence electrons. The van der Waals surface area contributed by atoms with Crippen molar-refractivity contribution < 1.29 is 19.4 Å². The van der Waals surface area contributed by atoms with Crippen LogP contribution in [0.3, 0.4) is 0 Å². The highest BCUT2D eigenvalue weighted by Gasteiger charge is 2.24. The van der Waals surface area contributed by atoms with Crippen molar-refractivity contribution in [3.63, 3.8) is 0 Å². The highest BCUT2D eigenvalue weighted by molar-refractivity contribution is 6.30. The van der Waals surface area contributed by atoms with E-state index in [1.165, 1.54) is 0 Å². The molecule has 31 heavy (non-hydrogen) atoms. The Labute approximate surface area is 186 Å². The first-order valence-electron chi connectivity index (χ1n) is 10.1. The molecule has 6 heteroatoms. The van der Waals surface area contributed by atoms with Crippen LogP contribution in [-0.2, 0) is 17.8 Å². The summed E-state index contributed by atoms with van der Waals surface area (Å²) in [4.78, 5) is 12.8. The third-order valence-electron chi connectivity index (χ3n) is 5.44. The number of carbonyl (C=O) groups is 1. The van der Waals surface area contributed by atoms with E-state index < -0.39 is 5.97 Å². The molecule has 1 heterocycles. The largest absolute Gasteiger partial charge is 0.492 e. The number of hydrogen-bond acceptors (Lipinski definition) is 4. The molecule has 3 aromatic carbocycles. The van der Waals surface area contributed by atoms with Gasteiger partial charge in [0.15, 0.2) is 0 Å². The Morgan fingerprint density at radius 2 is 1.90 bits per heavy atom. The number of likely N-dealkylation sites (N-methyl/N-ethyl adjacent to an activating group) is 1. The molecule has 0 spiro atoms. The van der Waals surface area contributed by atoms with Crippen molar-refractivity contribution in [2.24, 2.45) is 0 Å². The normalized spacial score (nSPS) is 15.3. The van der Waals surface area contributed by atoms with Gasteiger partial charge in [0.05, 0.1) is 6.54 Å². The first kappa shape index (κ1) is 21.2. The zero-order valence-corrected chi connectivity index (χ0v) is 18.0. The summed E-state index contributed by atoms with van der Waals surface area (Å²) in [6.07, 6.45) is 0.773. The fourth-order valence-corrected chi connectivity index (χ4v) is 3.91. The molecule has 0 amide bonds. The number of ether oxygens (including phenoxy) is 2. The van der Waals surface area contributed by atoms with Crippen LogP contribution >= 0.6 is 11.6 Å². The second-order valence-electron chi connectivity index (χ2n) is 7.74. The lowest BCUT2D eigenvalue weighted by atomic mass is 9.97. The number of carboxylic acids is 1. The molecular weight excluding hydrogens is 414 g/mol. The van der Waals surface area contributed by atoms with Crippen LogP contribution in [0.15, 0.2) is 66.7 Å². The third-order valence-corrected chi connectivity index (χ3v) is 5.68. The van der Waals surface area contributed by atoms with E-state index in [1.54, 1.807) is 0 Å². The van der Waals surface area contributed by atoms with Crippen LogP contribution in [-0.4, -0.2) is 42.2 Å². The van der Waals surface area contributed by atoms with Crippen molar-refractivity contribution in [1.82, 2.24) is 4.90 Å². The maximum atomic E-state index is 11.0. The lowest BCUT2D eigenvalue weighted by Gasteiger charge is -2.31. The van der Waals surface area contributed by atoms with Crippen LogP contribution in [0.5, 0.6) is 11.5 Å². The summed E-state index contributed by atoms with van der Waals surface area (Å²) in [5, 5.41) is 9.70. The molecule has 1 aliphatic heterocycles. The van der Waals surface area contributed by atoms with Crippen molar-refractivity contribution >= 4 is 17.6 Å². The van der Waals surface area contributed by atoms with Crippen molar-refractivity contribution in [3.05, 3.63) is 82.9 Å². The van der Waals surface area contributed by atoms with Gasteiger partial charge in [-0.25, -0.2) is 0 Å². The Hall–Kier alpha value is -3.02. The molecule has 0 saturated carbocycles. The second kappa shape index (κ2) is 9.41. The molecule has 0 aliphatic carbocycles. The summed E-state index contributed by atoms with van der Waals surface area (Å²) in [5.41, 5.74) is 4.26. The van der Waals surface area contributed by atoms with E-state index in [1.807, 2.05) is 66.5 Å². The van der Waals surface area contributed by atoms with Gasteiger partial charge in [0, 0.05) is 11.1 Å². The van der Waals surface area contributed by atoms with Crippen LogP contribution in [0.1, 0.15) is 11.1 Å². The molecule has 1 N–H and O–H groups in total. The van der Waals surface area contributed by atoms with Crippen molar-refractivity contribution in [1.29, 1.82) is 0 Å². The SMILES string of the molecule is CN(CC(=O)O)C1COc2cc(-c3ccc(OCc4cccc(Cl)c4)cc3)ccc2C1. The maximum absolute atomic E-state index is 11.0. The quantitative estimate of drug-likeness (QED) is 0.569. The third kappa shape index (κ3) is 5.37. The minimum absolute atomic E-state index is 0.00712. The number of fused-ring (bicyclic) bond motifs is 1. The average molecular weight is 438 g/mol. The van der Waals surface area contributed by atoms with Crippen molar-refractivity contribution in [2.45, 2.75) is 19.1 Å². The van der Waals surface area contributed by atoms with E-state index in [9.17, 15) is 4.79 Å². The van der Waals surface area contributed by atoms with Crippen LogP contribution in [0.25, 0.3) is 11.1 Å². The van der Waals surface area contributed by atoms with Gasteiger partial charge in [0.1, 0.15) is 24.7 Å². The van der Waals surface area contributed by atoms with E-state index in [-0.39, 0.29) is 12.6 Å². The molecule has 5 nitrogen and oxygen atoms in total. The first-order valence-corrected chi connectivity index (χ1v) is 10.5. The monoisotopic (exact) mass is 437 g/mol. The van der Waals surface area contributed by atoms with Gasteiger partial charge in [-0.1, -0.05) is 48.0 Å². The molecule has 0 aromatic heterocycles. The van der Waals surface area contributed by atoms with Gasteiger partial charge in [-0.2, -0.15) is 0 Å². The predicted octanol–water partition coefficient (Wildman–Crippen LogP) is 4.91. The van der Waals surface area contributed by atoms with Gasteiger partial charge < -0.3 is 14.6 Å². The van der Waals surface area contributed by atoms with E-state index in [2.05, 4.69) is 12.1 Å². The Morgan fingerprint density at radius 1 is 1.13 bits per heavy atom. The first-order chi connectivity index (χ1) is 15.0. The highest BCUT2D eigenvalue weighted by Crippen LogP contribution is 2.32. The number of benzene rings is 3. The minimum Gasteiger partial charge on any atom is -0.492 e. The van der Waals surface area contributed by atoms with Gasteiger partial charge >= 0.3 is 5.97 Å². The number of rotatable bonds is 7. The standard InChI is InChI=1S/C25H24ClNO4/c1-27(14-25(28)29)22-12-20-6-5-19(13-24(20)31-16-22)18-7-9-23(10-8-18)30-15-17-3-2-4-21(26)11-17/h2-11,13,22H,12,14-16H2,1H3,(H,28,29). The van der Waals surface area contributed by atoms with Crippen molar-refractivity contribution in [3.8, 4) is 22.6 Å². The van der Waals surface area contributed by atoms with Crippen LogP contribution < -0.4 is 9.47 Å². The van der Waals surface area contributed by atoms with Gasteiger partial charge in [0.25, 0.3) is 0 Å². The molecule has 1 unspecified atom stereocenters. The molecular formula is C25H24ClNO4. The molecule has 1 aliphatic rings. The van der Waals surface area contributed by atoms with Gasteiger partial charge in [0.2, 0.25) is 0 Å². The Morgan fingerprint density at radius 3 is 2.65 bits per heavy atom. The molecule has 4 rings (SSSR count). The average Bonchev–Trinajstić information content (AvgIpc) is 2.77. The molecule has 3 aromatic rings. The Bertz CT molecular complexity index is 1070. The predicted molar refractivity (Wildman–Crippen MR) is 121 cm³/mol. The van der Waals surface area contributed by atoms with E-state index in [4.69, 9.17) is 26.2 Å². The summed E-state index contributed by atoms with van der Waals surface area (Å²) in [6.45, 7) is 0.952. The second-order valence-corrected chi connectivity index (χ2v) is 8.18. The zero-order valence-electron chi connectivity index (χ0n) is 17.3. The van der Waals surface area contributed by atoms with Gasteiger partial charge in [-0.05, 0) is 66.1 Å². The lowest BCUT2D eigenvalue weighted by Crippen LogP contribution is -2.43. The topological polar surface area (TPSA) is 59.0 Å². The van der Waals surface area contributed by atoms with Crippen molar-refractivity contribution in [2.75, 3.05) is 20.2 Å². The molecule has 0 bridgehead atoms. The molecule has 0 radical (unpaired) electrons. The van der Waals surface area contributed by atoms with Crippen LogP contribution in [0.4, 0.5) is 0 Å². The van der Waals surface area contributed by atoms with E-state index >= 15 is 0 Å². The molecule has 0 saturated heterocycles. The van der Waals surface area contributed by atoms with Crippen LogP contribution in [0, 0.1) is 0 Å². The number of carboxylic acid groups (broad SMARTS) is 1. The highest BCUT2D eigenvalue weighted by atomic mass is 35.5. The van der Waals surface area contributed by atoms with Gasteiger partial charge in [-0.15, -0.1) is 0 Å².